The zero-order valence-electron chi connectivity index (χ0n) is 12.8. The highest BCUT2D eigenvalue weighted by Gasteiger charge is 2.29. The maximum Gasteiger partial charge on any atom is 0.227 e. The second-order valence-corrected chi connectivity index (χ2v) is 5.57. The van der Waals surface area contributed by atoms with Gasteiger partial charge < -0.3 is 10.1 Å². The Morgan fingerprint density at radius 3 is 2.75 bits per heavy atom. The molecule has 0 radical (unpaired) electrons. The van der Waals surface area contributed by atoms with Crippen molar-refractivity contribution < 1.29 is 9.53 Å². The van der Waals surface area contributed by atoms with Gasteiger partial charge in [0.15, 0.2) is 0 Å². The van der Waals surface area contributed by atoms with Crippen molar-refractivity contribution in [2.45, 2.75) is 12.8 Å². The van der Waals surface area contributed by atoms with Crippen molar-refractivity contribution in [3.63, 3.8) is 0 Å². The van der Waals surface area contributed by atoms with Gasteiger partial charge in [-0.3, -0.25) is 9.36 Å². The minimum Gasteiger partial charge on any atom is -0.439 e. The zero-order valence-corrected chi connectivity index (χ0v) is 12.8. The van der Waals surface area contributed by atoms with Crippen molar-refractivity contribution in [1.82, 2.24) is 19.5 Å². The molecule has 1 saturated carbocycles. The summed E-state index contributed by atoms with van der Waals surface area (Å²) in [5.74, 6) is 2.01. The van der Waals surface area contributed by atoms with Gasteiger partial charge in [-0.25, -0.2) is 15.0 Å². The zero-order chi connectivity index (χ0) is 16.4. The van der Waals surface area contributed by atoms with Crippen LogP contribution in [0.15, 0.2) is 55.4 Å². The molecule has 0 saturated heterocycles. The van der Waals surface area contributed by atoms with E-state index < -0.39 is 0 Å². The monoisotopic (exact) mass is 321 g/mol. The highest BCUT2D eigenvalue weighted by Crippen LogP contribution is 2.30. The van der Waals surface area contributed by atoms with E-state index in [9.17, 15) is 4.79 Å². The molecule has 2 aromatic heterocycles. The molecule has 0 unspecified atom stereocenters. The van der Waals surface area contributed by atoms with Gasteiger partial charge in [-0.1, -0.05) is 0 Å². The number of aromatic nitrogens is 4. The molecule has 0 atom stereocenters. The lowest BCUT2D eigenvalue weighted by molar-refractivity contribution is -0.117. The average molecular weight is 321 g/mol. The van der Waals surface area contributed by atoms with Crippen LogP contribution in [0.3, 0.4) is 0 Å². The average Bonchev–Trinajstić information content (AvgIpc) is 3.32. The first-order chi connectivity index (χ1) is 11.8. The van der Waals surface area contributed by atoms with Crippen LogP contribution in [0.1, 0.15) is 12.8 Å². The van der Waals surface area contributed by atoms with Crippen LogP contribution in [0.2, 0.25) is 0 Å². The molecule has 7 heteroatoms. The van der Waals surface area contributed by atoms with Crippen molar-refractivity contribution >= 4 is 11.6 Å². The summed E-state index contributed by atoms with van der Waals surface area (Å²) in [7, 11) is 0. The molecular weight excluding hydrogens is 306 g/mol. The van der Waals surface area contributed by atoms with Gasteiger partial charge in [0.25, 0.3) is 0 Å². The number of ether oxygens (including phenoxy) is 1. The Labute approximate surface area is 138 Å². The Balaban J connectivity index is 1.45. The molecule has 24 heavy (non-hydrogen) atoms. The van der Waals surface area contributed by atoms with E-state index in [0.717, 1.165) is 18.5 Å². The summed E-state index contributed by atoms with van der Waals surface area (Å²) in [6.45, 7) is 0. The Hall–Kier alpha value is -3.22. The fourth-order valence-electron chi connectivity index (χ4n) is 2.24. The van der Waals surface area contributed by atoms with Crippen molar-refractivity contribution in [2.24, 2.45) is 5.92 Å². The summed E-state index contributed by atoms with van der Waals surface area (Å²) in [6.07, 6.45) is 8.54. The van der Waals surface area contributed by atoms with Gasteiger partial charge in [-0.2, -0.15) is 0 Å². The fraction of sp³-hybridized carbons (Fsp3) is 0.176. The fourth-order valence-corrected chi connectivity index (χ4v) is 2.24. The Bertz CT molecular complexity index is 842. The largest absolute Gasteiger partial charge is 0.439 e. The standard InChI is InChI=1S/C17H15N5O2/c23-17(12-1-2-12)21-13-3-5-14(6-4-13)24-16-9-15(19-10-20-16)22-8-7-18-11-22/h3-12H,1-2H2,(H,21,23). The van der Waals surface area contributed by atoms with Gasteiger partial charge in [0.05, 0.1) is 0 Å². The van der Waals surface area contributed by atoms with E-state index in [2.05, 4.69) is 20.3 Å². The molecule has 0 bridgehead atoms. The molecule has 7 nitrogen and oxygen atoms in total. The topological polar surface area (TPSA) is 81.9 Å². The van der Waals surface area contributed by atoms with E-state index >= 15 is 0 Å². The molecule has 0 spiro atoms. The summed E-state index contributed by atoms with van der Waals surface area (Å²) in [6, 6.07) is 8.94. The molecule has 120 valence electrons. The summed E-state index contributed by atoms with van der Waals surface area (Å²) in [5, 5.41) is 2.89. The molecular formula is C17H15N5O2. The molecule has 1 aromatic carbocycles. The highest BCUT2D eigenvalue weighted by molar-refractivity contribution is 5.94. The van der Waals surface area contributed by atoms with Crippen molar-refractivity contribution in [2.75, 3.05) is 5.32 Å². The molecule has 2 heterocycles. The smallest absolute Gasteiger partial charge is 0.227 e. The van der Waals surface area contributed by atoms with E-state index in [1.807, 2.05) is 12.1 Å². The lowest BCUT2D eigenvalue weighted by Crippen LogP contribution is -2.12. The number of anilines is 1. The number of carbonyl (C=O) groups excluding carboxylic acids is 1. The SMILES string of the molecule is O=C(Nc1ccc(Oc2cc(-n3ccnc3)ncn2)cc1)C1CC1. The Morgan fingerprint density at radius 1 is 1.21 bits per heavy atom. The van der Waals surface area contributed by atoms with Crippen LogP contribution in [-0.4, -0.2) is 25.4 Å². The second-order valence-electron chi connectivity index (χ2n) is 5.57. The normalized spacial score (nSPS) is 13.5. The highest BCUT2D eigenvalue weighted by atomic mass is 16.5. The van der Waals surface area contributed by atoms with E-state index in [-0.39, 0.29) is 11.8 Å². The van der Waals surface area contributed by atoms with Gasteiger partial charge in [-0.15, -0.1) is 0 Å². The third-order valence-corrected chi connectivity index (χ3v) is 3.69. The number of nitrogens with zero attached hydrogens (tertiary/aromatic N) is 4. The molecule has 1 amide bonds. The first kappa shape index (κ1) is 14.4. The van der Waals surface area contributed by atoms with Crippen molar-refractivity contribution in [1.29, 1.82) is 0 Å². The van der Waals surface area contributed by atoms with E-state index in [0.29, 0.717) is 17.4 Å². The van der Waals surface area contributed by atoms with Gasteiger partial charge in [0, 0.05) is 30.1 Å². The van der Waals surface area contributed by atoms with Crippen LogP contribution in [0.5, 0.6) is 11.6 Å². The van der Waals surface area contributed by atoms with Crippen LogP contribution in [0.4, 0.5) is 5.69 Å². The molecule has 1 aliphatic carbocycles. The lowest BCUT2D eigenvalue weighted by atomic mass is 10.3. The summed E-state index contributed by atoms with van der Waals surface area (Å²) < 4.78 is 7.51. The van der Waals surface area contributed by atoms with Crippen molar-refractivity contribution in [3.8, 4) is 17.4 Å². The minimum absolute atomic E-state index is 0.0874. The van der Waals surface area contributed by atoms with Crippen LogP contribution in [-0.2, 0) is 4.79 Å². The van der Waals surface area contributed by atoms with Crippen LogP contribution in [0.25, 0.3) is 5.82 Å². The molecule has 0 aliphatic heterocycles. The number of imidazole rings is 1. The van der Waals surface area contributed by atoms with E-state index in [4.69, 9.17) is 4.74 Å². The number of hydrogen-bond donors (Lipinski definition) is 1. The van der Waals surface area contributed by atoms with Gasteiger partial charge in [0.2, 0.25) is 11.8 Å². The molecule has 1 N–H and O–H groups in total. The van der Waals surface area contributed by atoms with E-state index in [1.54, 1.807) is 41.5 Å². The number of hydrogen-bond acceptors (Lipinski definition) is 5. The van der Waals surface area contributed by atoms with E-state index in [1.165, 1.54) is 6.33 Å². The second kappa shape index (κ2) is 6.11. The van der Waals surface area contributed by atoms with Crippen LogP contribution in [0, 0.1) is 5.92 Å². The summed E-state index contributed by atoms with van der Waals surface area (Å²) in [4.78, 5) is 24.0. The molecule has 4 rings (SSSR count). The first-order valence-electron chi connectivity index (χ1n) is 7.67. The minimum atomic E-state index is 0.0874. The van der Waals surface area contributed by atoms with Gasteiger partial charge in [-0.05, 0) is 37.1 Å². The number of amides is 1. The number of rotatable bonds is 5. The van der Waals surface area contributed by atoms with Crippen LogP contribution >= 0.6 is 0 Å². The lowest BCUT2D eigenvalue weighted by Gasteiger charge is -2.08. The summed E-state index contributed by atoms with van der Waals surface area (Å²) in [5.41, 5.74) is 0.765. The summed E-state index contributed by atoms with van der Waals surface area (Å²) >= 11 is 0. The molecule has 1 fully saturated rings. The maximum absolute atomic E-state index is 11.7. The Kier molecular flexibility index (Phi) is 3.66. The van der Waals surface area contributed by atoms with Crippen molar-refractivity contribution in [3.05, 3.63) is 55.4 Å². The van der Waals surface area contributed by atoms with Crippen LogP contribution < -0.4 is 10.1 Å². The predicted molar refractivity (Wildman–Crippen MR) is 87.0 cm³/mol. The quantitative estimate of drug-likeness (QED) is 0.781. The third-order valence-electron chi connectivity index (χ3n) is 3.69. The van der Waals surface area contributed by atoms with Gasteiger partial charge in [0.1, 0.15) is 24.2 Å². The third kappa shape index (κ3) is 3.24. The number of benzene rings is 1. The Morgan fingerprint density at radius 2 is 2.04 bits per heavy atom. The molecule has 3 aromatic rings. The maximum atomic E-state index is 11.7. The van der Waals surface area contributed by atoms with Gasteiger partial charge >= 0.3 is 0 Å². The predicted octanol–water partition coefficient (Wildman–Crippen LogP) is 2.80. The number of nitrogens with one attached hydrogen (secondary N) is 1. The number of carbonyl (C=O) groups is 1. The first-order valence-corrected chi connectivity index (χ1v) is 7.67. The molecule has 1 aliphatic rings.